The van der Waals surface area contributed by atoms with Crippen molar-refractivity contribution in [2.45, 2.75) is 6.54 Å². The standard InChI is InChI=1S/C20H17N3S/c21-20(14-7-2-1-3-8-14)23-22-13-15-9-6-11-17-16-10-4-5-12-18(16)24-19(15)17/h1-12,22H,13H2,(H2,21,23). The first-order chi connectivity index (χ1) is 11.8. The van der Waals surface area contributed by atoms with Crippen LogP contribution in [-0.2, 0) is 6.54 Å². The van der Waals surface area contributed by atoms with Gasteiger partial charge in [0.2, 0.25) is 0 Å². The van der Waals surface area contributed by atoms with Crippen LogP contribution in [0.25, 0.3) is 20.2 Å². The topological polar surface area (TPSA) is 50.4 Å². The molecule has 4 heteroatoms. The van der Waals surface area contributed by atoms with Gasteiger partial charge in [0.25, 0.3) is 0 Å². The van der Waals surface area contributed by atoms with Crippen LogP contribution in [0.15, 0.2) is 77.9 Å². The predicted molar refractivity (Wildman–Crippen MR) is 103 cm³/mol. The van der Waals surface area contributed by atoms with Crippen LogP contribution >= 0.6 is 11.3 Å². The van der Waals surface area contributed by atoms with E-state index in [1.54, 1.807) is 0 Å². The Labute approximate surface area is 144 Å². The fourth-order valence-electron chi connectivity index (χ4n) is 2.83. The van der Waals surface area contributed by atoms with Crippen LogP contribution in [0.3, 0.4) is 0 Å². The molecule has 24 heavy (non-hydrogen) atoms. The minimum atomic E-state index is 0.499. The molecule has 4 rings (SSSR count). The summed E-state index contributed by atoms with van der Waals surface area (Å²) in [6.07, 6.45) is 0. The molecule has 0 saturated carbocycles. The van der Waals surface area contributed by atoms with Crippen LogP contribution in [0.2, 0.25) is 0 Å². The second-order valence-electron chi connectivity index (χ2n) is 5.59. The summed E-state index contributed by atoms with van der Waals surface area (Å²) in [5.41, 5.74) is 11.3. The van der Waals surface area contributed by atoms with Gasteiger partial charge in [0.1, 0.15) is 0 Å². The van der Waals surface area contributed by atoms with Crippen LogP contribution in [0, 0.1) is 0 Å². The van der Waals surface area contributed by atoms with E-state index in [-0.39, 0.29) is 0 Å². The van der Waals surface area contributed by atoms with Crippen LogP contribution in [0.1, 0.15) is 11.1 Å². The van der Waals surface area contributed by atoms with Crippen LogP contribution in [0.4, 0.5) is 0 Å². The van der Waals surface area contributed by atoms with Crippen molar-refractivity contribution in [3.8, 4) is 0 Å². The summed E-state index contributed by atoms with van der Waals surface area (Å²) < 4.78 is 2.62. The predicted octanol–water partition coefficient (Wildman–Crippen LogP) is 4.46. The number of hydrazone groups is 1. The van der Waals surface area contributed by atoms with Gasteiger partial charge in [-0.05, 0) is 11.6 Å². The van der Waals surface area contributed by atoms with Gasteiger partial charge in [-0.1, -0.05) is 66.7 Å². The highest BCUT2D eigenvalue weighted by atomic mass is 32.1. The van der Waals surface area contributed by atoms with Crippen LogP contribution < -0.4 is 11.2 Å². The van der Waals surface area contributed by atoms with E-state index in [1.165, 1.54) is 25.7 Å². The molecule has 3 N–H and O–H groups in total. The Morgan fingerprint density at radius 2 is 1.62 bits per heavy atom. The van der Waals surface area contributed by atoms with Crippen molar-refractivity contribution in [2.24, 2.45) is 10.8 Å². The van der Waals surface area contributed by atoms with Gasteiger partial charge in [-0.25, -0.2) is 0 Å². The molecule has 3 aromatic carbocycles. The molecular formula is C20H17N3S. The molecule has 3 nitrogen and oxygen atoms in total. The zero-order valence-corrected chi connectivity index (χ0v) is 13.9. The van der Waals surface area contributed by atoms with Gasteiger partial charge in [-0.2, -0.15) is 5.10 Å². The van der Waals surface area contributed by atoms with Gasteiger partial charge in [0.15, 0.2) is 5.84 Å². The summed E-state index contributed by atoms with van der Waals surface area (Å²) in [5, 5.41) is 6.91. The van der Waals surface area contributed by atoms with Crippen LogP contribution in [0.5, 0.6) is 0 Å². The Morgan fingerprint density at radius 1 is 0.875 bits per heavy atom. The van der Waals surface area contributed by atoms with Gasteiger partial charge in [0, 0.05) is 25.7 Å². The lowest BCUT2D eigenvalue weighted by Gasteiger charge is -2.05. The first-order valence-corrected chi connectivity index (χ1v) is 8.65. The summed E-state index contributed by atoms with van der Waals surface area (Å²) in [6, 6.07) is 24.7. The van der Waals surface area contributed by atoms with E-state index in [2.05, 4.69) is 53.0 Å². The lowest BCUT2D eigenvalue weighted by atomic mass is 10.1. The molecular weight excluding hydrogens is 314 g/mol. The number of hydrogen-bond donors (Lipinski definition) is 2. The number of rotatable bonds is 4. The molecule has 0 aliphatic carbocycles. The fourth-order valence-corrected chi connectivity index (χ4v) is 4.04. The third kappa shape index (κ3) is 2.72. The second-order valence-corrected chi connectivity index (χ2v) is 6.64. The minimum Gasteiger partial charge on any atom is -0.382 e. The van der Waals surface area contributed by atoms with Gasteiger partial charge in [-0.15, -0.1) is 11.3 Å². The van der Waals surface area contributed by atoms with Crippen molar-refractivity contribution in [2.75, 3.05) is 0 Å². The molecule has 0 radical (unpaired) electrons. The van der Waals surface area contributed by atoms with Crippen molar-refractivity contribution in [1.82, 2.24) is 5.43 Å². The summed E-state index contributed by atoms with van der Waals surface area (Å²) in [5.74, 6) is 0.499. The maximum absolute atomic E-state index is 6.02. The number of thiophene rings is 1. The number of amidine groups is 1. The first-order valence-electron chi connectivity index (χ1n) is 7.83. The van der Waals surface area contributed by atoms with Crippen LogP contribution in [-0.4, -0.2) is 5.84 Å². The molecule has 1 heterocycles. The van der Waals surface area contributed by atoms with E-state index in [4.69, 9.17) is 5.73 Å². The van der Waals surface area contributed by atoms with Crippen molar-refractivity contribution < 1.29 is 0 Å². The third-order valence-corrected chi connectivity index (χ3v) is 5.29. The number of fused-ring (bicyclic) bond motifs is 3. The maximum atomic E-state index is 6.02. The molecule has 0 aliphatic heterocycles. The van der Waals surface area contributed by atoms with Gasteiger partial charge in [0.05, 0.1) is 6.54 Å². The SMILES string of the molecule is N/C(=N\NCc1cccc2c1sc1ccccc12)c1ccccc1. The van der Waals surface area contributed by atoms with Crippen molar-refractivity contribution in [1.29, 1.82) is 0 Å². The summed E-state index contributed by atoms with van der Waals surface area (Å²) in [6.45, 7) is 0.650. The quantitative estimate of drug-likeness (QED) is 0.329. The minimum absolute atomic E-state index is 0.499. The normalized spacial score (nSPS) is 11.9. The molecule has 0 saturated heterocycles. The highest BCUT2D eigenvalue weighted by Crippen LogP contribution is 2.35. The van der Waals surface area contributed by atoms with E-state index >= 15 is 0 Å². The Balaban J connectivity index is 1.61. The van der Waals surface area contributed by atoms with Gasteiger partial charge >= 0.3 is 0 Å². The molecule has 0 fully saturated rings. The monoisotopic (exact) mass is 331 g/mol. The second kappa shape index (κ2) is 6.34. The number of nitrogens with zero attached hydrogens (tertiary/aromatic N) is 1. The number of nitrogens with one attached hydrogen (secondary N) is 1. The summed E-state index contributed by atoms with van der Waals surface area (Å²) >= 11 is 1.82. The van der Waals surface area contributed by atoms with E-state index in [9.17, 15) is 0 Å². The first kappa shape index (κ1) is 14.7. The van der Waals surface area contributed by atoms with E-state index < -0.39 is 0 Å². The smallest absolute Gasteiger partial charge is 0.150 e. The zero-order chi connectivity index (χ0) is 16.4. The molecule has 1 aromatic heterocycles. The average molecular weight is 331 g/mol. The molecule has 0 unspecified atom stereocenters. The van der Waals surface area contributed by atoms with Crippen molar-refractivity contribution in [3.63, 3.8) is 0 Å². The van der Waals surface area contributed by atoms with E-state index in [1.807, 2.05) is 41.7 Å². The highest BCUT2D eigenvalue weighted by molar-refractivity contribution is 7.26. The third-order valence-electron chi connectivity index (χ3n) is 4.02. The Morgan fingerprint density at radius 3 is 2.50 bits per heavy atom. The fraction of sp³-hybridized carbons (Fsp3) is 0.0500. The lowest BCUT2D eigenvalue weighted by Crippen LogP contribution is -2.18. The Bertz CT molecular complexity index is 1020. The lowest BCUT2D eigenvalue weighted by molar-refractivity contribution is 0.748. The van der Waals surface area contributed by atoms with E-state index in [0.717, 1.165) is 5.56 Å². The Kier molecular flexibility index (Phi) is 3.89. The van der Waals surface area contributed by atoms with Crippen molar-refractivity contribution >= 4 is 37.3 Å². The average Bonchev–Trinajstić information content (AvgIpc) is 3.02. The molecule has 0 atom stereocenters. The highest BCUT2D eigenvalue weighted by Gasteiger charge is 2.07. The summed E-state index contributed by atoms with van der Waals surface area (Å²) in [7, 11) is 0. The zero-order valence-electron chi connectivity index (χ0n) is 13.1. The Hall–Kier alpha value is -2.85. The number of nitrogens with two attached hydrogens (primary N) is 1. The summed E-state index contributed by atoms with van der Waals surface area (Å²) in [4.78, 5) is 0. The molecule has 4 aromatic rings. The van der Waals surface area contributed by atoms with Crippen molar-refractivity contribution in [3.05, 3.63) is 83.9 Å². The van der Waals surface area contributed by atoms with Gasteiger partial charge < -0.3 is 11.2 Å². The molecule has 0 spiro atoms. The molecule has 0 amide bonds. The number of benzene rings is 3. The van der Waals surface area contributed by atoms with Gasteiger partial charge in [-0.3, -0.25) is 0 Å². The maximum Gasteiger partial charge on any atom is 0.150 e. The molecule has 118 valence electrons. The van der Waals surface area contributed by atoms with E-state index in [0.29, 0.717) is 12.4 Å². The molecule has 0 bridgehead atoms. The number of hydrogen-bond acceptors (Lipinski definition) is 3. The largest absolute Gasteiger partial charge is 0.382 e. The molecule has 0 aliphatic rings.